The number of methoxy groups -OCH3 is 1. The zero-order valence-corrected chi connectivity index (χ0v) is 17.1. The van der Waals surface area contributed by atoms with Crippen molar-refractivity contribution in [1.82, 2.24) is 9.78 Å². The molecule has 28 heavy (non-hydrogen) atoms. The number of ether oxygens (including phenoxy) is 3. The summed E-state index contributed by atoms with van der Waals surface area (Å²) < 4.78 is 17.9. The predicted molar refractivity (Wildman–Crippen MR) is 105 cm³/mol. The summed E-state index contributed by atoms with van der Waals surface area (Å²) >= 11 is 0. The Morgan fingerprint density at radius 3 is 2.39 bits per heavy atom. The van der Waals surface area contributed by atoms with Gasteiger partial charge in [-0.3, -0.25) is 4.79 Å². The van der Waals surface area contributed by atoms with Gasteiger partial charge in [0, 0.05) is 12.1 Å². The zero-order valence-electron chi connectivity index (χ0n) is 17.1. The van der Waals surface area contributed by atoms with Crippen molar-refractivity contribution in [2.24, 2.45) is 0 Å². The summed E-state index contributed by atoms with van der Waals surface area (Å²) in [6.07, 6.45) is 0.578. The van der Waals surface area contributed by atoms with Crippen LogP contribution >= 0.6 is 0 Å². The maximum Gasteiger partial charge on any atom is 0.339 e. The van der Waals surface area contributed by atoms with Gasteiger partial charge in [0.2, 0.25) is 0 Å². The fourth-order valence-corrected chi connectivity index (χ4v) is 2.48. The van der Waals surface area contributed by atoms with Crippen molar-refractivity contribution in [2.75, 3.05) is 12.4 Å². The summed E-state index contributed by atoms with van der Waals surface area (Å²) in [6.45, 7) is 9.20. The van der Waals surface area contributed by atoms with Gasteiger partial charge in [-0.05, 0) is 52.8 Å². The molecule has 0 aliphatic rings. The highest BCUT2D eigenvalue weighted by Crippen LogP contribution is 2.29. The molecule has 0 fully saturated rings. The van der Waals surface area contributed by atoms with Crippen LogP contribution in [0.25, 0.3) is 0 Å². The molecule has 8 heteroatoms. The molecule has 1 unspecified atom stereocenters. The van der Waals surface area contributed by atoms with Crippen molar-refractivity contribution in [3.8, 4) is 11.5 Å². The number of carbonyl (C=O) groups is 2. The first-order valence-corrected chi connectivity index (χ1v) is 9.13. The van der Waals surface area contributed by atoms with Gasteiger partial charge in [0.1, 0.15) is 5.82 Å². The Bertz CT molecular complexity index is 829. The molecule has 1 amide bonds. The molecule has 0 spiro atoms. The van der Waals surface area contributed by atoms with Crippen LogP contribution in [0.15, 0.2) is 30.5 Å². The molecule has 0 saturated carbocycles. The van der Waals surface area contributed by atoms with Crippen LogP contribution in [-0.4, -0.2) is 41.0 Å². The van der Waals surface area contributed by atoms with E-state index in [1.165, 1.54) is 20.1 Å². The number of esters is 1. The lowest BCUT2D eigenvalue weighted by Crippen LogP contribution is -2.31. The summed E-state index contributed by atoms with van der Waals surface area (Å²) in [4.78, 5) is 24.8. The monoisotopic (exact) mass is 389 g/mol. The highest BCUT2D eigenvalue weighted by Gasteiger charge is 2.21. The van der Waals surface area contributed by atoms with Crippen molar-refractivity contribution in [3.05, 3.63) is 36.0 Å². The Labute approximate surface area is 164 Å². The third-order valence-corrected chi connectivity index (χ3v) is 3.83. The molecule has 152 valence electrons. The van der Waals surface area contributed by atoms with Gasteiger partial charge in [-0.1, -0.05) is 0 Å². The van der Waals surface area contributed by atoms with E-state index in [-0.39, 0.29) is 17.7 Å². The van der Waals surface area contributed by atoms with Crippen LogP contribution in [0.5, 0.6) is 11.5 Å². The van der Waals surface area contributed by atoms with Gasteiger partial charge in [0.05, 0.1) is 25.0 Å². The van der Waals surface area contributed by atoms with Gasteiger partial charge in [-0.25, -0.2) is 9.48 Å². The minimum Gasteiger partial charge on any atom is -0.493 e. The Balaban J connectivity index is 2.05. The van der Waals surface area contributed by atoms with E-state index in [1.807, 2.05) is 27.7 Å². The summed E-state index contributed by atoms with van der Waals surface area (Å²) in [5, 5.41) is 6.87. The Morgan fingerprint density at radius 1 is 1.07 bits per heavy atom. The van der Waals surface area contributed by atoms with Crippen molar-refractivity contribution >= 4 is 17.7 Å². The van der Waals surface area contributed by atoms with Crippen LogP contribution in [0.1, 0.15) is 51.0 Å². The highest BCUT2D eigenvalue weighted by atomic mass is 16.5. The molecule has 2 aromatic rings. The van der Waals surface area contributed by atoms with E-state index in [9.17, 15) is 9.59 Å². The van der Waals surface area contributed by atoms with E-state index in [0.29, 0.717) is 17.3 Å². The number of hydrogen-bond acceptors (Lipinski definition) is 6. The number of hydrogen-bond donors (Lipinski definition) is 1. The molecule has 0 aliphatic heterocycles. The molecular formula is C20H27N3O5. The normalized spacial score (nSPS) is 12.0. The topological polar surface area (TPSA) is 91.7 Å². The van der Waals surface area contributed by atoms with Gasteiger partial charge in [0.25, 0.3) is 5.91 Å². The number of carbonyl (C=O) groups excluding carboxylic acids is 2. The van der Waals surface area contributed by atoms with E-state index < -0.39 is 18.0 Å². The maximum absolute atomic E-state index is 12.4. The van der Waals surface area contributed by atoms with Crippen molar-refractivity contribution in [1.29, 1.82) is 0 Å². The summed E-state index contributed by atoms with van der Waals surface area (Å²) in [7, 11) is 1.49. The Morgan fingerprint density at radius 2 is 1.79 bits per heavy atom. The summed E-state index contributed by atoms with van der Waals surface area (Å²) in [5.74, 6) is 0.416. The minimum atomic E-state index is -0.986. The molecule has 1 N–H and O–H groups in total. The molecule has 1 atom stereocenters. The van der Waals surface area contributed by atoms with Crippen LogP contribution in [0.3, 0.4) is 0 Å². The number of benzene rings is 1. The number of nitrogens with one attached hydrogen (secondary N) is 1. The number of amides is 1. The molecule has 8 nitrogen and oxygen atoms in total. The van der Waals surface area contributed by atoms with E-state index in [0.717, 1.165) is 0 Å². The van der Waals surface area contributed by atoms with E-state index in [2.05, 4.69) is 10.4 Å². The number of aromatic nitrogens is 2. The highest BCUT2D eigenvalue weighted by molar-refractivity contribution is 5.97. The molecule has 0 saturated heterocycles. The smallest absolute Gasteiger partial charge is 0.339 e. The summed E-state index contributed by atoms with van der Waals surface area (Å²) in [5.41, 5.74) is 0.264. The van der Waals surface area contributed by atoms with Crippen molar-refractivity contribution in [2.45, 2.75) is 52.9 Å². The standard InChI is InChI=1S/C20H27N3O5/c1-12(2)23-18(9-10-21-23)22-19(24)14(5)28-20(25)15-7-8-16(27-13(3)4)17(11-15)26-6/h7-14H,1-6H3,(H,22,24). The van der Waals surface area contributed by atoms with Gasteiger partial charge in [0.15, 0.2) is 17.6 Å². The fraction of sp³-hybridized carbons (Fsp3) is 0.450. The largest absolute Gasteiger partial charge is 0.493 e. The molecule has 1 aromatic heterocycles. The second-order valence-corrected chi connectivity index (χ2v) is 6.82. The SMILES string of the molecule is COc1cc(C(=O)OC(C)C(=O)Nc2ccnn2C(C)C)ccc1OC(C)C. The van der Waals surface area contributed by atoms with Crippen molar-refractivity contribution < 1.29 is 23.8 Å². The first kappa shape index (κ1) is 21.3. The van der Waals surface area contributed by atoms with Crippen LogP contribution in [0, 0.1) is 0 Å². The lowest BCUT2D eigenvalue weighted by atomic mass is 10.2. The van der Waals surface area contributed by atoms with Gasteiger partial charge >= 0.3 is 5.97 Å². The first-order chi connectivity index (χ1) is 13.2. The Hall–Kier alpha value is -3.03. The summed E-state index contributed by atoms with van der Waals surface area (Å²) in [6, 6.07) is 6.51. The van der Waals surface area contributed by atoms with Gasteiger partial charge in [-0.2, -0.15) is 5.10 Å². The molecular weight excluding hydrogens is 362 g/mol. The molecule has 0 aliphatic carbocycles. The lowest BCUT2D eigenvalue weighted by molar-refractivity contribution is -0.123. The first-order valence-electron chi connectivity index (χ1n) is 9.13. The third kappa shape index (κ3) is 5.25. The lowest BCUT2D eigenvalue weighted by Gasteiger charge is -2.17. The number of rotatable bonds is 8. The second kappa shape index (κ2) is 9.25. The molecule has 0 bridgehead atoms. The van der Waals surface area contributed by atoms with E-state index in [4.69, 9.17) is 14.2 Å². The minimum absolute atomic E-state index is 0.0327. The zero-order chi connectivity index (χ0) is 20.8. The van der Waals surface area contributed by atoms with Crippen LogP contribution in [0.2, 0.25) is 0 Å². The van der Waals surface area contributed by atoms with Gasteiger partial charge < -0.3 is 19.5 Å². The van der Waals surface area contributed by atoms with Crippen LogP contribution in [0.4, 0.5) is 5.82 Å². The average Bonchev–Trinajstić information content (AvgIpc) is 3.09. The molecule has 1 aromatic carbocycles. The Kier molecular flexibility index (Phi) is 7.03. The van der Waals surface area contributed by atoms with E-state index >= 15 is 0 Å². The fourth-order valence-electron chi connectivity index (χ4n) is 2.48. The van der Waals surface area contributed by atoms with Crippen molar-refractivity contribution in [3.63, 3.8) is 0 Å². The second-order valence-electron chi connectivity index (χ2n) is 6.82. The van der Waals surface area contributed by atoms with Crippen LogP contribution < -0.4 is 14.8 Å². The van der Waals surface area contributed by atoms with Crippen LogP contribution in [-0.2, 0) is 9.53 Å². The molecule has 1 heterocycles. The van der Waals surface area contributed by atoms with Gasteiger partial charge in [-0.15, -0.1) is 0 Å². The quantitative estimate of drug-likeness (QED) is 0.696. The van der Waals surface area contributed by atoms with E-state index in [1.54, 1.807) is 29.1 Å². The predicted octanol–water partition coefficient (Wildman–Crippen LogP) is 3.44. The molecule has 2 rings (SSSR count). The molecule has 0 radical (unpaired) electrons. The average molecular weight is 389 g/mol. The number of anilines is 1. The number of nitrogens with zero attached hydrogens (tertiary/aromatic N) is 2. The third-order valence-electron chi connectivity index (χ3n) is 3.83. The maximum atomic E-state index is 12.4.